The minimum Gasteiger partial charge on any atom is -0.375 e. The van der Waals surface area contributed by atoms with E-state index in [0.29, 0.717) is 13.1 Å². The van der Waals surface area contributed by atoms with E-state index in [0.717, 1.165) is 43.8 Å². The third-order valence-corrected chi connectivity index (χ3v) is 4.98. The number of rotatable bonds is 4. The normalized spacial score (nSPS) is 26.7. The molecule has 1 saturated carbocycles. The standard InChI is InChI=1S/C17H26N4O3/c1-11-9-12(2)21(17(23)20-11)7-5-19-16(22)13-3-4-15-14(10-13)18-6-8-24-15/h9,13-15,18H,3-8,10H2,1-2H3,(H,19,22)/t13-,14+,15+/m0/s1. The summed E-state index contributed by atoms with van der Waals surface area (Å²) in [6.07, 6.45) is 2.86. The molecule has 1 aliphatic carbocycles. The van der Waals surface area contributed by atoms with E-state index in [1.54, 1.807) is 11.5 Å². The fourth-order valence-electron chi connectivity index (χ4n) is 3.73. The average molecular weight is 334 g/mol. The number of carbonyl (C=O) groups excluding carboxylic acids is 1. The lowest BCUT2D eigenvalue weighted by atomic mass is 9.82. The highest BCUT2D eigenvalue weighted by Crippen LogP contribution is 2.28. The lowest BCUT2D eigenvalue weighted by molar-refractivity contribution is -0.128. The van der Waals surface area contributed by atoms with Gasteiger partial charge in [0.2, 0.25) is 5.91 Å². The predicted molar refractivity (Wildman–Crippen MR) is 89.9 cm³/mol. The van der Waals surface area contributed by atoms with Crippen molar-refractivity contribution in [3.05, 3.63) is 27.9 Å². The summed E-state index contributed by atoms with van der Waals surface area (Å²) in [5, 5.41) is 6.42. The highest BCUT2D eigenvalue weighted by molar-refractivity contribution is 5.78. The van der Waals surface area contributed by atoms with Crippen LogP contribution in [0.25, 0.3) is 0 Å². The number of carbonyl (C=O) groups is 1. The largest absolute Gasteiger partial charge is 0.375 e. The highest BCUT2D eigenvalue weighted by Gasteiger charge is 2.35. The Morgan fingerprint density at radius 2 is 2.29 bits per heavy atom. The maximum absolute atomic E-state index is 12.4. The van der Waals surface area contributed by atoms with Gasteiger partial charge in [-0.3, -0.25) is 9.36 Å². The van der Waals surface area contributed by atoms with Gasteiger partial charge in [0.05, 0.1) is 12.7 Å². The quantitative estimate of drug-likeness (QED) is 0.818. The molecule has 7 heteroatoms. The van der Waals surface area contributed by atoms with Gasteiger partial charge in [0.25, 0.3) is 0 Å². The van der Waals surface area contributed by atoms with Crippen LogP contribution in [0.1, 0.15) is 30.7 Å². The first-order valence-electron chi connectivity index (χ1n) is 8.72. The van der Waals surface area contributed by atoms with Gasteiger partial charge in [-0.15, -0.1) is 0 Å². The van der Waals surface area contributed by atoms with E-state index in [4.69, 9.17) is 4.74 Å². The molecule has 2 aliphatic rings. The van der Waals surface area contributed by atoms with Crippen molar-refractivity contribution in [2.24, 2.45) is 5.92 Å². The molecule has 1 saturated heterocycles. The van der Waals surface area contributed by atoms with Crippen LogP contribution in [0.15, 0.2) is 10.9 Å². The number of aromatic nitrogens is 2. The van der Waals surface area contributed by atoms with E-state index in [9.17, 15) is 9.59 Å². The summed E-state index contributed by atoms with van der Waals surface area (Å²) in [6.45, 7) is 6.20. The van der Waals surface area contributed by atoms with E-state index < -0.39 is 0 Å². The molecular formula is C17H26N4O3. The monoisotopic (exact) mass is 334 g/mol. The number of amides is 1. The molecule has 0 spiro atoms. The van der Waals surface area contributed by atoms with Crippen molar-refractivity contribution in [2.75, 3.05) is 19.7 Å². The number of morpholine rings is 1. The maximum atomic E-state index is 12.4. The fourth-order valence-corrected chi connectivity index (χ4v) is 3.73. The second kappa shape index (κ2) is 7.44. The summed E-state index contributed by atoms with van der Waals surface area (Å²) in [7, 11) is 0. The van der Waals surface area contributed by atoms with Crippen molar-refractivity contribution >= 4 is 5.91 Å². The van der Waals surface area contributed by atoms with Gasteiger partial charge in [-0.2, -0.15) is 4.98 Å². The van der Waals surface area contributed by atoms with Crippen molar-refractivity contribution in [1.82, 2.24) is 20.2 Å². The summed E-state index contributed by atoms with van der Waals surface area (Å²) in [5.74, 6) is 0.0982. The zero-order valence-electron chi connectivity index (χ0n) is 14.4. The molecular weight excluding hydrogens is 308 g/mol. The zero-order chi connectivity index (χ0) is 17.1. The molecule has 1 aliphatic heterocycles. The van der Waals surface area contributed by atoms with Crippen molar-refractivity contribution in [3.63, 3.8) is 0 Å². The van der Waals surface area contributed by atoms with Crippen LogP contribution in [0.3, 0.4) is 0 Å². The number of aryl methyl sites for hydroxylation is 2. The number of nitrogens with zero attached hydrogens (tertiary/aromatic N) is 2. The molecule has 1 aromatic heterocycles. The number of hydrogen-bond acceptors (Lipinski definition) is 5. The first kappa shape index (κ1) is 17.1. The molecule has 2 N–H and O–H groups in total. The Hall–Kier alpha value is -1.73. The first-order chi connectivity index (χ1) is 11.5. The second-order valence-corrected chi connectivity index (χ2v) is 6.74. The Labute approximate surface area is 141 Å². The van der Waals surface area contributed by atoms with Crippen LogP contribution in [0.4, 0.5) is 0 Å². The van der Waals surface area contributed by atoms with E-state index in [1.165, 1.54) is 0 Å². The smallest absolute Gasteiger partial charge is 0.348 e. The molecule has 1 aromatic rings. The SMILES string of the molecule is Cc1cc(C)n(CCNC(=O)[C@H]2CC[C@H]3OCCN[C@@H]3C2)c(=O)n1. The van der Waals surface area contributed by atoms with Gasteiger partial charge in [-0.25, -0.2) is 4.79 Å². The molecule has 2 fully saturated rings. The molecule has 3 rings (SSSR count). The molecule has 0 unspecified atom stereocenters. The van der Waals surface area contributed by atoms with Crippen LogP contribution < -0.4 is 16.3 Å². The topological polar surface area (TPSA) is 85.3 Å². The van der Waals surface area contributed by atoms with E-state index in [1.807, 2.05) is 13.0 Å². The van der Waals surface area contributed by atoms with E-state index in [-0.39, 0.29) is 29.7 Å². The van der Waals surface area contributed by atoms with E-state index >= 15 is 0 Å². The number of hydrogen-bond donors (Lipinski definition) is 2. The van der Waals surface area contributed by atoms with Crippen LogP contribution in [0.2, 0.25) is 0 Å². The molecule has 1 amide bonds. The van der Waals surface area contributed by atoms with Crippen LogP contribution in [-0.4, -0.2) is 47.3 Å². The van der Waals surface area contributed by atoms with Crippen LogP contribution >= 0.6 is 0 Å². The summed E-state index contributed by atoms with van der Waals surface area (Å²) >= 11 is 0. The van der Waals surface area contributed by atoms with Gasteiger partial charge in [0.15, 0.2) is 0 Å². The third kappa shape index (κ3) is 3.84. The molecule has 24 heavy (non-hydrogen) atoms. The van der Waals surface area contributed by atoms with Gasteiger partial charge < -0.3 is 15.4 Å². The van der Waals surface area contributed by atoms with Crippen molar-refractivity contribution < 1.29 is 9.53 Å². The first-order valence-corrected chi connectivity index (χ1v) is 8.72. The number of fused-ring (bicyclic) bond motifs is 1. The Kier molecular flexibility index (Phi) is 5.30. The van der Waals surface area contributed by atoms with Gasteiger partial charge in [0.1, 0.15) is 0 Å². The Morgan fingerprint density at radius 1 is 1.46 bits per heavy atom. The molecule has 7 nitrogen and oxygen atoms in total. The van der Waals surface area contributed by atoms with Gasteiger partial charge in [-0.05, 0) is 39.2 Å². The molecule has 0 aromatic carbocycles. The summed E-state index contributed by atoms with van der Waals surface area (Å²) < 4.78 is 7.34. The lowest BCUT2D eigenvalue weighted by Gasteiger charge is -2.39. The molecule has 132 valence electrons. The Morgan fingerprint density at radius 3 is 3.08 bits per heavy atom. The van der Waals surface area contributed by atoms with E-state index in [2.05, 4.69) is 15.6 Å². The van der Waals surface area contributed by atoms with Gasteiger partial charge in [-0.1, -0.05) is 0 Å². The minimum atomic E-state index is -0.259. The highest BCUT2D eigenvalue weighted by atomic mass is 16.5. The number of ether oxygens (including phenoxy) is 1. The molecule has 0 bridgehead atoms. The van der Waals surface area contributed by atoms with Crippen molar-refractivity contribution in [2.45, 2.75) is 51.8 Å². The minimum absolute atomic E-state index is 0.0226. The van der Waals surface area contributed by atoms with Crippen LogP contribution in [-0.2, 0) is 16.1 Å². The van der Waals surface area contributed by atoms with Gasteiger partial charge in [0, 0.05) is 43.0 Å². The second-order valence-electron chi connectivity index (χ2n) is 6.74. The summed E-state index contributed by atoms with van der Waals surface area (Å²) in [5.41, 5.74) is 1.33. The third-order valence-electron chi connectivity index (χ3n) is 4.98. The summed E-state index contributed by atoms with van der Waals surface area (Å²) in [4.78, 5) is 28.3. The van der Waals surface area contributed by atoms with Crippen molar-refractivity contribution in [3.8, 4) is 0 Å². The molecule has 3 atom stereocenters. The summed E-state index contributed by atoms with van der Waals surface area (Å²) in [6, 6.07) is 2.16. The van der Waals surface area contributed by atoms with Crippen LogP contribution in [0.5, 0.6) is 0 Å². The Balaban J connectivity index is 1.50. The maximum Gasteiger partial charge on any atom is 0.348 e. The Bertz CT molecular complexity index is 658. The molecule has 0 radical (unpaired) electrons. The predicted octanol–water partition coefficient (Wildman–Crippen LogP) is 0.133. The van der Waals surface area contributed by atoms with Crippen molar-refractivity contribution in [1.29, 1.82) is 0 Å². The van der Waals surface area contributed by atoms with Gasteiger partial charge >= 0.3 is 5.69 Å². The lowest BCUT2D eigenvalue weighted by Crippen LogP contribution is -2.53. The fraction of sp³-hybridized carbons (Fsp3) is 0.706. The average Bonchev–Trinajstić information content (AvgIpc) is 2.56. The zero-order valence-corrected chi connectivity index (χ0v) is 14.4. The molecule has 2 heterocycles. The number of nitrogens with one attached hydrogen (secondary N) is 2. The van der Waals surface area contributed by atoms with Crippen LogP contribution in [0, 0.1) is 19.8 Å².